The number of hydrogen-bond donors (Lipinski definition) is 1. The quantitative estimate of drug-likeness (QED) is 0.731. The first-order valence-electron chi connectivity index (χ1n) is 4.68. The first-order valence-corrected chi connectivity index (χ1v) is 4.68. The Bertz CT molecular complexity index is 327. The van der Waals surface area contributed by atoms with Gasteiger partial charge in [0.15, 0.2) is 0 Å². The highest BCUT2D eigenvalue weighted by molar-refractivity contribution is 5.39. The lowest BCUT2D eigenvalue weighted by atomic mass is 10.1. The molecule has 0 bridgehead atoms. The van der Waals surface area contributed by atoms with Gasteiger partial charge in [-0.2, -0.15) is 0 Å². The fourth-order valence-electron chi connectivity index (χ4n) is 1.33. The normalized spacial score (nSPS) is 11.8. The maximum atomic E-state index is 5.49. The molecule has 0 spiro atoms. The molecule has 14 heavy (non-hydrogen) atoms. The van der Waals surface area contributed by atoms with Crippen molar-refractivity contribution in [3.8, 4) is 18.1 Å². The van der Waals surface area contributed by atoms with Crippen LogP contribution in [-0.4, -0.2) is 13.7 Å². The van der Waals surface area contributed by atoms with Gasteiger partial charge in [0.05, 0.1) is 12.6 Å². The first-order chi connectivity index (χ1) is 6.83. The van der Waals surface area contributed by atoms with Crippen molar-refractivity contribution in [2.45, 2.75) is 13.0 Å². The van der Waals surface area contributed by atoms with Crippen LogP contribution in [0.4, 0.5) is 0 Å². The van der Waals surface area contributed by atoms with Crippen LogP contribution >= 0.6 is 0 Å². The van der Waals surface area contributed by atoms with E-state index in [1.54, 1.807) is 0 Å². The van der Waals surface area contributed by atoms with E-state index >= 15 is 0 Å². The van der Waals surface area contributed by atoms with Gasteiger partial charge in [-0.3, -0.25) is 0 Å². The van der Waals surface area contributed by atoms with Crippen molar-refractivity contribution in [3.05, 3.63) is 29.8 Å². The Hall–Kier alpha value is -1.46. The highest BCUT2D eigenvalue weighted by Crippen LogP contribution is 2.24. The molecule has 1 atom stereocenters. The molecule has 1 rings (SSSR count). The molecule has 0 saturated heterocycles. The Morgan fingerprint density at radius 2 is 2.21 bits per heavy atom. The van der Waals surface area contributed by atoms with Crippen LogP contribution in [0.25, 0.3) is 0 Å². The van der Waals surface area contributed by atoms with Crippen molar-refractivity contribution in [2.75, 3.05) is 13.7 Å². The summed E-state index contributed by atoms with van der Waals surface area (Å²) in [5.41, 5.74) is 1.01. The topological polar surface area (TPSA) is 21.3 Å². The number of nitrogens with one attached hydrogen (secondary N) is 1. The molecule has 0 aliphatic rings. The number of benzene rings is 1. The number of hydrogen-bond acceptors (Lipinski definition) is 2. The molecule has 0 aliphatic heterocycles. The third kappa shape index (κ3) is 2.27. The minimum absolute atomic E-state index is 0.0854. The van der Waals surface area contributed by atoms with Gasteiger partial charge >= 0.3 is 0 Å². The van der Waals surface area contributed by atoms with Crippen LogP contribution in [0.3, 0.4) is 0 Å². The van der Waals surface area contributed by atoms with E-state index < -0.39 is 0 Å². The highest BCUT2D eigenvalue weighted by atomic mass is 16.5. The van der Waals surface area contributed by atoms with Crippen LogP contribution in [-0.2, 0) is 0 Å². The van der Waals surface area contributed by atoms with E-state index in [2.05, 4.69) is 11.2 Å². The Kier molecular flexibility index (Phi) is 4.03. The summed E-state index contributed by atoms with van der Waals surface area (Å²) >= 11 is 0. The molecule has 2 heteroatoms. The second-order valence-corrected chi connectivity index (χ2v) is 2.86. The number of para-hydroxylation sites is 1. The van der Waals surface area contributed by atoms with Gasteiger partial charge in [-0.05, 0) is 20.0 Å². The lowest BCUT2D eigenvalue weighted by molar-refractivity contribution is 0.334. The summed E-state index contributed by atoms with van der Waals surface area (Å²) in [4.78, 5) is 0. The van der Waals surface area contributed by atoms with Crippen molar-refractivity contribution in [1.82, 2.24) is 5.32 Å². The van der Waals surface area contributed by atoms with E-state index in [1.165, 1.54) is 0 Å². The number of terminal acetylenes is 1. The lowest BCUT2D eigenvalue weighted by Crippen LogP contribution is -2.15. The van der Waals surface area contributed by atoms with E-state index in [1.807, 2.05) is 38.2 Å². The van der Waals surface area contributed by atoms with Crippen LogP contribution in [0, 0.1) is 12.3 Å². The van der Waals surface area contributed by atoms with Crippen molar-refractivity contribution in [3.63, 3.8) is 0 Å². The maximum absolute atomic E-state index is 5.49. The molecule has 0 radical (unpaired) electrons. The fourth-order valence-corrected chi connectivity index (χ4v) is 1.33. The first kappa shape index (κ1) is 10.6. The van der Waals surface area contributed by atoms with Gasteiger partial charge in [-0.1, -0.05) is 24.1 Å². The highest BCUT2D eigenvalue weighted by Gasteiger charge is 2.10. The maximum Gasteiger partial charge on any atom is 0.125 e. The fraction of sp³-hybridized carbons (Fsp3) is 0.333. The molecule has 0 fully saturated rings. The van der Waals surface area contributed by atoms with E-state index in [4.69, 9.17) is 11.2 Å². The van der Waals surface area contributed by atoms with Crippen LogP contribution in [0.1, 0.15) is 18.5 Å². The zero-order valence-corrected chi connectivity index (χ0v) is 8.58. The summed E-state index contributed by atoms with van der Waals surface area (Å²) in [5.74, 6) is 3.53. The Morgan fingerprint density at radius 1 is 1.50 bits per heavy atom. The molecular weight excluding hydrogens is 174 g/mol. The summed E-state index contributed by atoms with van der Waals surface area (Å²) in [6.45, 7) is 2.61. The summed E-state index contributed by atoms with van der Waals surface area (Å²) in [7, 11) is 1.84. The molecule has 0 amide bonds. The van der Waals surface area contributed by atoms with Crippen LogP contribution in [0.5, 0.6) is 5.75 Å². The Labute approximate surface area is 85.3 Å². The van der Waals surface area contributed by atoms with Gasteiger partial charge in [-0.15, -0.1) is 6.42 Å². The van der Waals surface area contributed by atoms with Crippen molar-refractivity contribution >= 4 is 0 Å². The van der Waals surface area contributed by atoms with Gasteiger partial charge in [-0.25, -0.2) is 0 Å². The third-order valence-electron chi connectivity index (χ3n) is 1.99. The van der Waals surface area contributed by atoms with Crippen LogP contribution in [0.2, 0.25) is 0 Å². The van der Waals surface area contributed by atoms with Gasteiger partial charge < -0.3 is 10.1 Å². The number of ether oxygens (including phenoxy) is 1. The van der Waals surface area contributed by atoms with E-state index in [9.17, 15) is 0 Å². The molecule has 1 unspecified atom stereocenters. The van der Waals surface area contributed by atoms with Gasteiger partial charge in [0.1, 0.15) is 5.75 Å². The monoisotopic (exact) mass is 189 g/mol. The largest absolute Gasteiger partial charge is 0.493 e. The zero-order valence-electron chi connectivity index (χ0n) is 8.58. The molecule has 74 valence electrons. The minimum Gasteiger partial charge on any atom is -0.493 e. The molecular formula is C12H15NO. The Morgan fingerprint density at radius 3 is 2.79 bits per heavy atom. The number of rotatable bonds is 4. The molecule has 1 aromatic carbocycles. The molecule has 2 nitrogen and oxygen atoms in total. The molecule has 0 aromatic heterocycles. The van der Waals surface area contributed by atoms with E-state index in [0.29, 0.717) is 6.61 Å². The molecule has 1 aromatic rings. The van der Waals surface area contributed by atoms with E-state index in [-0.39, 0.29) is 6.04 Å². The summed E-state index contributed by atoms with van der Waals surface area (Å²) in [6.07, 6.45) is 5.41. The predicted molar refractivity (Wildman–Crippen MR) is 58.2 cm³/mol. The second kappa shape index (κ2) is 5.31. The van der Waals surface area contributed by atoms with E-state index in [0.717, 1.165) is 11.3 Å². The predicted octanol–water partition coefficient (Wildman–Crippen LogP) is 1.98. The average Bonchev–Trinajstić information content (AvgIpc) is 2.23. The van der Waals surface area contributed by atoms with Crippen LogP contribution < -0.4 is 10.1 Å². The Balaban J connectivity index is 3.00. The summed E-state index contributed by atoms with van der Waals surface area (Å²) < 4.78 is 5.49. The van der Waals surface area contributed by atoms with Crippen molar-refractivity contribution in [1.29, 1.82) is 0 Å². The third-order valence-corrected chi connectivity index (χ3v) is 1.99. The SMILES string of the molecule is C#CC(NC)c1ccccc1OCC. The average molecular weight is 189 g/mol. The minimum atomic E-state index is -0.0854. The summed E-state index contributed by atoms with van der Waals surface area (Å²) in [5, 5.41) is 3.05. The van der Waals surface area contributed by atoms with Gasteiger partial charge in [0.2, 0.25) is 0 Å². The second-order valence-electron chi connectivity index (χ2n) is 2.86. The van der Waals surface area contributed by atoms with Crippen molar-refractivity contribution < 1.29 is 4.74 Å². The molecule has 0 heterocycles. The molecule has 1 N–H and O–H groups in total. The van der Waals surface area contributed by atoms with Gasteiger partial charge in [0.25, 0.3) is 0 Å². The van der Waals surface area contributed by atoms with Gasteiger partial charge in [0, 0.05) is 5.56 Å². The molecule has 0 saturated carbocycles. The zero-order chi connectivity index (χ0) is 10.4. The summed E-state index contributed by atoms with van der Waals surface area (Å²) in [6, 6.07) is 7.72. The smallest absolute Gasteiger partial charge is 0.125 e. The standard InChI is InChI=1S/C12H15NO/c1-4-11(13-3)10-8-6-7-9-12(10)14-5-2/h1,6-9,11,13H,5H2,2-3H3. The van der Waals surface area contributed by atoms with Crippen molar-refractivity contribution in [2.24, 2.45) is 0 Å². The lowest BCUT2D eigenvalue weighted by Gasteiger charge is -2.14. The van der Waals surface area contributed by atoms with Crippen LogP contribution in [0.15, 0.2) is 24.3 Å². The molecule has 0 aliphatic carbocycles.